The molecule has 1 rings (SSSR count). The average Bonchev–Trinajstić information content (AvgIpc) is 2.24. The van der Waals surface area contributed by atoms with Crippen LogP contribution in [0.1, 0.15) is 23.7 Å². The topological polar surface area (TPSA) is 94.9 Å². The van der Waals surface area contributed by atoms with Crippen LogP contribution in [0.25, 0.3) is 0 Å². The summed E-state index contributed by atoms with van der Waals surface area (Å²) < 4.78 is 32.1. The van der Waals surface area contributed by atoms with Crippen LogP contribution in [0.4, 0.5) is 5.69 Å². The molecule has 94 valence electrons. The van der Waals surface area contributed by atoms with E-state index in [1.54, 1.807) is 6.92 Å². The second kappa shape index (κ2) is 5.15. The number of benzene rings is 1. The highest BCUT2D eigenvalue weighted by Gasteiger charge is 2.23. The molecule has 0 aliphatic heterocycles. The Morgan fingerprint density at radius 2 is 1.94 bits per heavy atom. The van der Waals surface area contributed by atoms with Crippen molar-refractivity contribution in [2.45, 2.75) is 13.3 Å². The summed E-state index contributed by atoms with van der Waals surface area (Å²) in [7, 11) is -4.47. The number of aromatic carboxylic acids is 1. The smallest absolute Gasteiger partial charge is 0.359 e. The molecule has 6 nitrogen and oxygen atoms in total. The fourth-order valence-corrected chi connectivity index (χ4v) is 2.26. The summed E-state index contributed by atoms with van der Waals surface area (Å²) in [5.74, 6) is -1.25. The van der Waals surface area contributed by atoms with Gasteiger partial charge in [-0.15, -0.1) is 0 Å². The van der Waals surface area contributed by atoms with E-state index in [0.717, 1.165) is 0 Å². The van der Waals surface area contributed by atoms with Gasteiger partial charge in [-0.25, -0.2) is 9.10 Å². The number of rotatable bonds is 5. The highest BCUT2D eigenvalue weighted by Crippen LogP contribution is 2.22. The van der Waals surface area contributed by atoms with Crippen molar-refractivity contribution in [3.63, 3.8) is 0 Å². The van der Waals surface area contributed by atoms with E-state index in [1.807, 2.05) is 0 Å². The van der Waals surface area contributed by atoms with Gasteiger partial charge in [0.05, 0.1) is 11.3 Å². The quantitative estimate of drug-likeness (QED) is 0.779. The van der Waals surface area contributed by atoms with Gasteiger partial charge in [-0.2, -0.15) is 8.42 Å². The summed E-state index contributed by atoms with van der Waals surface area (Å²) in [5, 5.41) is 8.95. The maximum absolute atomic E-state index is 11.2. The van der Waals surface area contributed by atoms with E-state index >= 15 is 0 Å². The van der Waals surface area contributed by atoms with Crippen LogP contribution in [-0.4, -0.2) is 30.6 Å². The number of carboxylic acids is 1. The lowest BCUT2D eigenvalue weighted by Gasteiger charge is -2.21. The van der Waals surface area contributed by atoms with Crippen LogP contribution in [0.15, 0.2) is 24.3 Å². The molecule has 0 saturated carbocycles. The summed E-state index contributed by atoms with van der Waals surface area (Å²) >= 11 is 0. The van der Waals surface area contributed by atoms with Crippen LogP contribution in [0.5, 0.6) is 0 Å². The Labute approximate surface area is 99.4 Å². The molecule has 1 aromatic rings. The van der Waals surface area contributed by atoms with Crippen molar-refractivity contribution in [3.05, 3.63) is 29.8 Å². The third-order valence-corrected chi connectivity index (χ3v) is 3.04. The Hall–Kier alpha value is -1.60. The molecule has 7 heteroatoms. The predicted molar refractivity (Wildman–Crippen MR) is 62.6 cm³/mol. The zero-order valence-electron chi connectivity index (χ0n) is 9.20. The lowest BCUT2D eigenvalue weighted by Crippen LogP contribution is -2.32. The molecule has 0 fully saturated rings. The van der Waals surface area contributed by atoms with E-state index in [-0.39, 0.29) is 17.8 Å². The minimum atomic E-state index is -4.47. The number of carbonyl (C=O) groups is 1. The number of para-hydroxylation sites is 1. The standard InChI is InChI=1S/C10H13NO5S/c1-2-7-11(17(14,15)16)9-6-4-3-5-8(9)10(12)13/h3-6H,2,7H2,1H3,(H,12,13)(H,14,15,16). The van der Waals surface area contributed by atoms with Crippen molar-refractivity contribution >= 4 is 22.0 Å². The van der Waals surface area contributed by atoms with Gasteiger partial charge in [0, 0.05) is 6.54 Å². The first kappa shape index (κ1) is 13.5. The van der Waals surface area contributed by atoms with Crippen molar-refractivity contribution in [1.29, 1.82) is 0 Å². The molecule has 0 unspecified atom stereocenters. The summed E-state index contributed by atoms with van der Waals surface area (Å²) in [6, 6.07) is 5.62. The van der Waals surface area contributed by atoms with E-state index in [1.165, 1.54) is 24.3 Å². The van der Waals surface area contributed by atoms with Crippen LogP contribution >= 0.6 is 0 Å². The number of hydrogen-bond donors (Lipinski definition) is 2. The van der Waals surface area contributed by atoms with Gasteiger partial charge in [0.2, 0.25) is 0 Å². The summed E-state index contributed by atoms with van der Waals surface area (Å²) in [6.07, 6.45) is 0.452. The first-order valence-corrected chi connectivity index (χ1v) is 6.35. The fraction of sp³-hybridized carbons (Fsp3) is 0.300. The molecule has 0 heterocycles. The molecule has 1 aromatic carbocycles. The van der Waals surface area contributed by atoms with E-state index in [4.69, 9.17) is 9.66 Å². The molecule has 0 saturated heterocycles. The third kappa shape index (κ3) is 3.18. The zero-order valence-corrected chi connectivity index (χ0v) is 10.0. The highest BCUT2D eigenvalue weighted by molar-refractivity contribution is 7.87. The Kier molecular flexibility index (Phi) is 4.08. The first-order valence-electron chi connectivity index (χ1n) is 4.95. The third-order valence-electron chi connectivity index (χ3n) is 2.11. The van der Waals surface area contributed by atoms with E-state index in [0.29, 0.717) is 10.7 Å². The molecule has 0 amide bonds. The number of anilines is 1. The largest absolute Gasteiger partial charge is 0.478 e. The molecule has 17 heavy (non-hydrogen) atoms. The monoisotopic (exact) mass is 259 g/mol. The second-order valence-electron chi connectivity index (χ2n) is 3.37. The van der Waals surface area contributed by atoms with Gasteiger partial charge in [-0.05, 0) is 18.6 Å². The summed E-state index contributed by atoms with van der Waals surface area (Å²) in [6.45, 7) is 1.74. The molecule has 0 spiro atoms. The van der Waals surface area contributed by atoms with Gasteiger partial charge >= 0.3 is 16.3 Å². The van der Waals surface area contributed by atoms with Crippen molar-refractivity contribution in [2.75, 3.05) is 10.8 Å². The van der Waals surface area contributed by atoms with E-state index < -0.39 is 16.3 Å². The summed E-state index contributed by atoms with van der Waals surface area (Å²) in [5.41, 5.74) is -0.206. The van der Waals surface area contributed by atoms with Gasteiger partial charge in [0.15, 0.2) is 0 Å². The normalized spacial score (nSPS) is 11.2. The molecule has 0 bridgehead atoms. The molecule has 2 N–H and O–H groups in total. The molecule has 0 aromatic heterocycles. The second-order valence-corrected chi connectivity index (χ2v) is 4.71. The van der Waals surface area contributed by atoms with Gasteiger partial charge in [0.25, 0.3) is 0 Å². The maximum atomic E-state index is 11.2. The minimum absolute atomic E-state index is 0.0170. The van der Waals surface area contributed by atoms with Crippen molar-refractivity contribution in [3.8, 4) is 0 Å². The van der Waals surface area contributed by atoms with Gasteiger partial charge < -0.3 is 5.11 Å². The van der Waals surface area contributed by atoms with Crippen LogP contribution < -0.4 is 4.31 Å². The van der Waals surface area contributed by atoms with Crippen molar-refractivity contribution < 1.29 is 22.9 Å². The minimum Gasteiger partial charge on any atom is -0.478 e. The molecule has 0 atom stereocenters. The van der Waals surface area contributed by atoms with Crippen LogP contribution in [0.3, 0.4) is 0 Å². The molecule has 0 aliphatic carbocycles. The number of nitrogens with zero attached hydrogens (tertiary/aromatic N) is 1. The number of hydrogen-bond acceptors (Lipinski definition) is 3. The van der Waals surface area contributed by atoms with Gasteiger partial charge in [-0.1, -0.05) is 19.1 Å². The Morgan fingerprint density at radius 1 is 1.35 bits per heavy atom. The van der Waals surface area contributed by atoms with Gasteiger partial charge in [-0.3, -0.25) is 4.55 Å². The lowest BCUT2D eigenvalue weighted by atomic mass is 10.2. The van der Waals surface area contributed by atoms with Crippen LogP contribution in [-0.2, 0) is 10.3 Å². The Morgan fingerprint density at radius 3 is 2.41 bits per heavy atom. The molecule has 0 radical (unpaired) electrons. The Bertz CT molecular complexity index is 511. The SMILES string of the molecule is CCCN(c1ccccc1C(=O)O)S(=O)(=O)O. The zero-order chi connectivity index (χ0) is 13.1. The molecular formula is C10H13NO5S. The van der Waals surface area contributed by atoms with Crippen molar-refractivity contribution in [1.82, 2.24) is 0 Å². The molecule has 0 aliphatic rings. The maximum Gasteiger partial charge on any atom is 0.359 e. The van der Waals surface area contributed by atoms with Gasteiger partial charge in [0.1, 0.15) is 0 Å². The van der Waals surface area contributed by atoms with E-state index in [2.05, 4.69) is 0 Å². The van der Waals surface area contributed by atoms with Crippen LogP contribution in [0.2, 0.25) is 0 Å². The molecular weight excluding hydrogens is 246 g/mol. The van der Waals surface area contributed by atoms with Crippen LogP contribution in [0, 0.1) is 0 Å². The first-order chi connectivity index (χ1) is 7.88. The van der Waals surface area contributed by atoms with E-state index in [9.17, 15) is 13.2 Å². The average molecular weight is 259 g/mol. The van der Waals surface area contributed by atoms with Crippen molar-refractivity contribution in [2.24, 2.45) is 0 Å². The lowest BCUT2D eigenvalue weighted by molar-refractivity contribution is 0.0698. The number of carboxylic acid groups (broad SMARTS) is 1. The fourth-order valence-electron chi connectivity index (χ4n) is 1.44. The summed E-state index contributed by atoms with van der Waals surface area (Å²) in [4.78, 5) is 11.0. The Balaban J connectivity index is 3.33. The highest BCUT2D eigenvalue weighted by atomic mass is 32.2. The predicted octanol–water partition coefficient (Wildman–Crippen LogP) is 1.40.